The quantitative estimate of drug-likeness (QED) is 0.913. The van der Waals surface area contributed by atoms with E-state index in [9.17, 15) is 8.42 Å². The van der Waals surface area contributed by atoms with Gasteiger partial charge in [0, 0.05) is 25.3 Å². The summed E-state index contributed by atoms with van der Waals surface area (Å²) in [5.74, 6) is 0.823. The van der Waals surface area contributed by atoms with Crippen molar-refractivity contribution < 1.29 is 8.42 Å². The maximum Gasteiger partial charge on any atom is 0.250 e. The average molecular weight is 348 g/mol. The molecule has 8 heteroatoms. The molecule has 1 saturated heterocycles. The van der Waals surface area contributed by atoms with Crippen LogP contribution < -0.4 is 9.62 Å². The fourth-order valence-electron chi connectivity index (χ4n) is 2.56. The SMILES string of the molecule is N#Cc1ccc(N2CCC(NS(=O)(=O)c3cccs3)CC2)nc1. The lowest BCUT2D eigenvalue weighted by molar-refractivity contribution is 0.459. The number of nitriles is 1. The van der Waals surface area contributed by atoms with Gasteiger partial charge < -0.3 is 4.90 Å². The van der Waals surface area contributed by atoms with Gasteiger partial charge in [-0.05, 0) is 36.4 Å². The first-order valence-electron chi connectivity index (χ1n) is 7.25. The smallest absolute Gasteiger partial charge is 0.250 e. The summed E-state index contributed by atoms with van der Waals surface area (Å²) in [6.45, 7) is 1.47. The van der Waals surface area contributed by atoms with Gasteiger partial charge in [-0.15, -0.1) is 11.3 Å². The number of anilines is 1. The van der Waals surface area contributed by atoms with Crippen LogP contribution >= 0.6 is 11.3 Å². The van der Waals surface area contributed by atoms with Crippen molar-refractivity contribution in [1.29, 1.82) is 5.26 Å². The largest absolute Gasteiger partial charge is 0.357 e. The number of hydrogen-bond acceptors (Lipinski definition) is 6. The maximum atomic E-state index is 12.2. The van der Waals surface area contributed by atoms with Crippen LogP contribution in [0.3, 0.4) is 0 Å². The molecule has 2 aromatic rings. The van der Waals surface area contributed by atoms with Gasteiger partial charge in [0.15, 0.2) is 0 Å². The first-order chi connectivity index (χ1) is 11.1. The van der Waals surface area contributed by atoms with E-state index in [2.05, 4.69) is 14.6 Å². The molecule has 0 bridgehead atoms. The van der Waals surface area contributed by atoms with E-state index in [0.29, 0.717) is 9.77 Å². The molecule has 1 N–H and O–H groups in total. The van der Waals surface area contributed by atoms with Crippen molar-refractivity contribution in [3.8, 4) is 6.07 Å². The lowest BCUT2D eigenvalue weighted by Crippen LogP contribution is -2.44. The second kappa shape index (κ2) is 6.66. The van der Waals surface area contributed by atoms with E-state index in [-0.39, 0.29) is 6.04 Å². The fraction of sp³-hybridized carbons (Fsp3) is 0.333. The lowest BCUT2D eigenvalue weighted by atomic mass is 10.1. The van der Waals surface area contributed by atoms with Crippen molar-refractivity contribution >= 4 is 27.2 Å². The molecule has 0 spiro atoms. The Morgan fingerprint density at radius 3 is 2.65 bits per heavy atom. The molecule has 0 atom stereocenters. The molecule has 1 fully saturated rings. The third kappa shape index (κ3) is 3.69. The second-order valence-corrected chi connectivity index (χ2v) is 8.22. The number of piperidine rings is 1. The van der Waals surface area contributed by atoms with Gasteiger partial charge in [-0.1, -0.05) is 6.07 Å². The van der Waals surface area contributed by atoms with Crippen LogP contribution in [0.1, 0.15) is 18.4 Å². The maximum absolute atomic E-state index is 12.2. The lowest BCUT2D eigenvalue weighted by Gasteiger charge is -2.32. The van der Waals surface area contributed by atoms with E-state index in [1.165, 1.54) is 11.3 Å². The van der Waals surface area contributed by atoms with Gasteiger partial charge >= 0.3 is 0 Å². The van der Waals surface area contributed by atoms with Crippen LogP contribution in [0.5, 0.6) is 0 Å². The Morgan fingerprint density at radius 2 is 2.09 bits per heavy atom. The molecular weight excluding hydrogens is 332 g/mol. The van der Waals surface area contributed by atoms with Gasteiger partial charge in [0.2, 0.25) is 10.0 Å². The predicted octanol–water partition coefficient (Wildman–Crippen LogP) is 1.96. The van der Waals surface area contributed by atoms with Gasteiger partial charge in [0.05, 0.1) is 5.56 Å². The number of thiophene rings is 1. The highest BCUT2D eigenvalue weighted by atomic mass is 32.2. The van der Waals surface area contributed by atoms with Crippen LogP contribution in [0.15, 0.2) is 40.1 Å². The predicted molar refractivity (Wildman–Crippen MR) is 88.8 cm³/mol. The molecule has 1 aliphatic heterocycles. The molecule has 1 aliphatic rings. The minimum absolute atomic E-state index is 0.0586. The molecule has 2 aromatic heterocycles. The number of nitrogens with one attached hydrogen (secondary N) is 1. The van der Waals surface area contributed by atoms with Crippen LogP contribution in [0.25, 0.3) is 0 Å². The zero-order valence-corrected chi connectivity index (χ0v) is 14.0. The minimum Gasteiger partial charge on any atom is -0.357 e. The van der Waals surface area contributed by atoms with E-state index in [0.717, 1.165) is 31.7 Å². The van der Waals surface area contributed by atoms with Crippen molar-refractivity contribution in [3.05, 3.63) is 41.4 Å². The van der Waals surface area contributed by atoms with Gasteiger partial charge in [0.1, 0.15) is 16.1 Å². The highest BCUT2D eigenvalue weighted by molar-refractivity contribution is 7.91. The number of hydrogen-bond donors (Lipinski definition) is 1. The molecule has 3 heterocycles. The Labute approximate surface area is 139 Å². The summed E-state index contributed by atoms with van der Waals surface area (Å²) < 4.78 is 27.6. The number of pyridine rings is 1. The number of aromatic nitrogens is 1. The first kappa shape index (κ1) is 15.9. The van der Waals surface area contributed by atoms with E-state index in [1.54, 1.807) is 29.8 Å². The molecular formula is C15H16N4O2S2. The summed E-state index contributed by atoms with van der Waals surface area (Å²) in [6.07, 6.45) is 3.01. The van der Waals surface area contributed by atoms with E-state index < -0.39 is 10.0 Å². The molecule has 3 rings (SSSR count). The number of sulfonamides is 1. The Bertz CT molecular complexity index is 787. The molecule has 0 radical (unpaired) electrons. The molecule has 0 aliphatic carbocycles. The zero-order valence-electron chi connectivity index (χ0n) is 12.3. The van der Waals surface area contributed by atoms with Crippen molar-refractivity contribution in [2.45, 2.75) is 23.1 Å². The Balaban J connectivity index is 1.59. The Hall–Kier alpha value is -1.95. The Kier molecular flexibility index (Phi) is 4.61. The van der Waals surface area contributed by atoms with Crippen molar-refractivity contribution in [2.24, 2.45) is 0 Å². The molecule has 0 saturated carbocycles. The van der Waals surface area contributed by atoms with E-state index >= 15 is 0 Å². The molecule has 0 unspecified atom stereocenters. The van der Waals surface area contributed by atoms with Gasteiger partial charge in [-0.3, -0.25) is 0 Å². The molecule has 23 heavy (non-hydrogen) atoms. The highest BCUT2D eigenvalue weighted by Crippen LogP contribution is 2.21. The van der Waals surface area contributed by atoms with E-state index in [4.69, 9.17) is 5.26 Å². The first-order valence-corrected chi connectivity index (χ1v) is 9.62. The molecule has 0 amide bonds. The summed E-state index contributed by atoms with van der Waals surface area (Å²) in [7, 11) is -3.41. The average Bonchev–Trinajstić information content (AvgIpc) is 3.11. The summed E-state index contributed by atoms with van der Waals surface area (Å²) in [5.41, 5.74) is 0.535. The van der Waals surface area contributed by atoms with Crippen LogP contribution in [0.2, 0.25) is 0 Å². The number of nitrogens with zero attached hydrogens (tertiary/aromatic N) is 3. The van der Waals surface area contributed by atoms with Gasteiger partial charge in [0.25, 0.3) is 0 Å². The van der Waals surface area contributed by atoms with Crippen LogP contribution in [-0.2, 0) is 10.0 Å². The third-order valence-corrected chi connectivity index (χ3v) is 6.70. The number of rotatable bonds is 4. The van der Waals surface area contributed by atoms with Crippen LogP contribution in [-0.4, -0.2) is 32.5 Å². The second-order valence-electron chi connectivity index (χ2n) is 5.33. The van der Waals surface area contributed by atoms with Gasteiger partial charge in [-0.25, -0.2) is 18.1 Å². The topological polar surface area (TPSA) is 86.1 Å². The standard InChI is InChI=1S/C15H16N4O2S2/c16-10-12-3-4-14(17-11-12)19-7-5-13(6-8-19)18-23(20,21)15-2-1-9-22-15/h1-4,9,11,13,18H,5-8H2. The summed E-state index contributed by atoms with van der Waals surface area (Å²) in [6, 6.07) is 8.91. The van der Waals surface area contributed by atoms with Crippen LogP contribution in [0.4, 0.5) is 5.82 Å². The molecule has 6 nitrogen and oxygen atoms in total. The molecule has 0 aromatic carbocycles. The van der Waals surface area contributed by atoms with Crippen molar-refractivity contribution in [1.82, 2.24) is 9.71 Å². The fourth-order valence-corrected chi connectivity index (χ4v) is 4.87. The summed E-state index contributed by atoms with van der Waals surface area (Å²) >= 11 is 1.22. The highest BCUT2D eigenvalue weighted by Gasteiger charge is 2.25. The van der Waals surface area contributed by atoms with Crippen molar-refractivity contribution in [2.75, 3.05) is 18.0 Å². The Morgan fingerprint density at radius 1 is 1.30 bits per heavy atom. The normalized spacial score (nSPS) is 16.2. The monoisotopic (exact) mass is 348 g/mol. The molecule has 120 valence electrons. The van der Waals surface area contributed by atoms with Gasteiger partial charge in [-0.2, -0.15) is 5.26 Å². The minimum atomic E-state index is -3.41. The van der Waals surface area contributed by atoms with E-state index in [1.807, 2.05) is 12.1 Å². The third-order valence-electron chi connectivity index (χ3n) is 3.78. The van der Waals surface area contributed by atoms with Crippen molar-refractivity contribution in [3.63, 3.8) is 0 Å². The summed E-state index contributed by atoms with van der Waals surface area (Å²) in [5, 5.41) is 10.5. The summed E-state index contributed by atoms with van der Waals surface area (Å²) in [4.78, 5) is 6.39. The van der Waals surface area contributed by atoms with Crippen LogP contribution in [0, 0.1) is 11.3 Å². The zero-order chi connectivity index (χ0) is 16.3.